The largest absolute Gasteiger partial charge is 0.483 e. The molecular formula is C15H22N4O4S. The summed E-state index contributed by atoms with van der Waals surface area (Å²) in [4.78, 5) is 34.6. The van der Waals surface area contributed by atoms with Gasteiger partial charge in [0.25, 0.3) is 11.8 Å². The van der Waals surface area contributed by atoms with Crippen molar-refractivity contribution in [1.82, 2.24) is 16.2 Å². The van der Waals surface area contributed by atoms with Crippen LogP contribution >= 0.6 is 11.8 Å². The molecule has 0 aliphatic carbocycles. The summed E-state index contributed by atoms with van der Waals surface area (Å²) in [5.41, 5.74) is 10.4. The van der Waals surface area contributed by atoms with E-state index in [9.17, 15) is 14.4 Å². The second kappa shape index (κ2) is 10.4. The van der Waals surface area contributed by atoms with Crippen LogP contribution in [0, 0.1) is 6.92 Å². The fourth-order valence-electron chi connectivity index (χ4n) is 1.79. The summed E-state index contributed by atoms with van der Waals surface area (Å²) in [5, 5.41) is 2.33. The smallest absolute Gasteiger partial charge is 0.312 e. The standard InChI is InChI=1S/C15H22N4O4S/c1-10-5-3-4-6-12(10)23-9-13(20)18-19-14(21)11(7-8-24-2)17-15(16)22/h3-6,11H,7-9H2,1-2H3,(H,18,20)(H,19,21)(H3,16,17,22)/t11-/m1/s1. The van der Waals surface area contributed by atoms with Crippen LogP contribution in [0.15, 0.2) is 24.3 Å². The molecule has 0 radical (unpaired) electrons. The highest BCUT2D eigenvalue weighted by Gasteiger charge is 2.19. The van der Waals surface area contributed by atoms with Gasteiger partial charge in [0.1, 0.15) is 11.8 Å². The SMILES string of the molecule is CSCC[C@@H](NC(N)=O)C(=O)NNC(=O)COc1ccccc1C. The van der Waals surface area contributed by atoms with Crippen LogP contribution in [0.5, 0.6) is 5.75 Å². The number of benzene rings is 1. The number of hydrazine groups is 1. The van der Waals surface area contributed by atoms with E-state index < -0.39 is 23.9 Å². The van der Waals surface area contributed by atoms with Gasteiger partial charge in [0.2, 0.25) is 0 Å². The van der Waals surface area contributed by atoms with E-state index in [4.69, 9.17) is 10.5 Å². The predicted octanol–water partition coefficient (Wildman–Crippen LogP) is 0.311. The second-order valence-electron chi connectivity index (χ2n) is 4.93. The Balaban J connectivity index is 2.42. The third-order valence-corrected chi connectivity index (χ3v) is 3.67. The Morgan fingerprint density at radius 2 is 1.96 bits per heavy atom. The minimum atomic E-state index is -0.812. The quantitative estimate of drug-likeness (QED) is 0.501. The zero-order valence-corrected chi connectivity index (χ0v) is 14.4. The van der Waals surface area contributed by atoms with Crippen LogP contribution < -0.4 is 26.6 Å². The maximum Gasteiger partial charge on any atom is 0.312 e. The van der Waals surface area contributed by atoms with Crippen LogP contribution in [-0.4, -0.2) is 42.5 Å². The van der Waals surface area contributed by atoms with Crippen molar-refractivity contribution in [1.29, 1.82) is 0 Å². The molecule has 9 heteroatoms. The number of hydrogen-bond acceptors (Lipinski definition) is 5. The van der Waals surface area contributed by atoms with Crippen LogP contribution in [0.3, 0.4) is 0 Å². The molecule has 8 nitrogen and oxygen atoms in total. The Bertz CT molecular complexity index is 582. The highest BCUT2D eigenvalue weighted by atomic mass is 32.2. The van der Waals surface area contributed by atoms with E-state index in [1.165, 1.54) is 11.8 Å². The molecule has 1 rings (SSSR count). The van der Waals surface area contributed by atoms with E-state index in [2.05, 4.69) is 16.2 Å². The first-order valence-electron chi connectivity index (χ1n) is 7.26. The van der Waals surface area contributed by atoms with Crippen LogP contribution in [0.1, 0.15) is 12.0 Å². The number of ether oxygens (including phenoxy) is 1. The molecule has 1 atom stereocenters. The Morgan fingerprint density at radius 1 is 1.25 bits per heavy atom. The molecule has 0 aliphatic rings. The number of amides is 4. The Labute approximate surface area is 144 Å². The van der Waals surface area contributed by atoms with E-state index in [0.717, 1.165) is 5.56 Å². The number of carbonyl (C=O) groups is 3. The minimum absolute atomic E-state index is 0.246. The lowest BCUT2D eigenvalue weighted by Gasteiger charge is -2.17. The first kappa shape index (κ1) is 19.6. The highest BCUT2D eigenvalue weighted by molar-refractivity contribution is 7.98. The molecule has 132 valence electrons. The molecule has 0 heterocycles. The van der Waals surface area contributed by atoms with E-state index in [-0.39, 0.29) is 6.61 Å². The van der Waals surface area contributed by atoms with E-state index >= 15 is 0 Å². The topological polar surface area (TPSA) is 123 Å². The van der Waals surface area contributed by atoms with Crippen molar-refractivity contribution in [2.45, 2.75) is 19.4 Å². The van der Waals surface area contributed by atoms with Gasteiger partial charge >= 0.3 is 6.03 Å². The summed E-state index contributed by atoms with van der Waals surface area (Å²) in [6, 6.07) is 5.66. The second-order valence-corrected chi connectivity index (χ2v) is 5.92. The number of primary amides is 1. The van der Waals surface area contributed by atoms with Gasteiger partial charge in [-0.05, 0) is 37.0 Å². The van der Waals surface area contributed by atoms with Gasteiger partial charge in [-0.1, -0.05) is 18.2 Å². The number of nitrogens with two attached hydrogens (primary N) is 1. The first-order valence-corrected chi connectivity index (χ1v) is 8.65. The number of carbonyl (C=O) groups excluding carboxylic acids is 3. The van der Waals surface area contributed by atoms with Gasteiger partial charge < -0.3 is 15.8 Å². The van der Waals surface area contributed by atoms with Crippen molar-refractivity contribution in [3.63, 3.8) is 0 Å². The lowest BCUT2D eigenvalue weighted by atomic mass is 10.2. The van der Waals surface area contributed by atoms with Gasteiger partial charge in [0.15, 0.2) is 6.61 Å². The monoisotopic (exact) mass is 354 g/mol. The Morgan fingerprint density at radius 3 is 2.58 bits per heavy atom. The van der Waals surface area contributed by atoms with Crippen molar-refractivity contribution >= 4 is 29.6 Å². The van der Waals surface area contributed by atoms with Gasteiger partial charge in [-0.3, -0.25) is 20.4 Å². The number of para-hydroxylation sites is 1. The number of hydrogen-bond donors (Lipinski definition) is 4. The molecule has 1 aromatic rings. The number of thioether (sulfide) groups is 1. The fraction of sp³-hybridized carbons (Fsp3) is 0.400. The molecule has 24 heavy (non-hydrogen) atoms. The van der Waals surface area contributed by atoms with Crippen molar-refractivity contribution in [2.75, 3.05) is 18.6 Å². The number of nitrogens with one attached hydrogen (secondary N) is 3. The highest BCUT2D eigenvalue weighted by Crippen LogP contribution is 2.15. The van der Waals surface area contributed by atoms with E-state index in [1.807, 2.05) is 25.3 Å². The fourth-order valence-corrected chi connectivity index (χ4v) is 2.26. The average Bonchev–Trinajstić information content (AvgIpc) is 2.55. The third-order valence-electron chi connectivity index (χ3n) is 3.02. The van der Waals surface area contributed by atoms with Crippen LogP contribution in [0.25, 0.3) is 0 Å². The molecule has 0 bridgehead atoms. The molecule has 0 saturated carbocycles. The van der Waals surface area contributed by atoms with Crippen molar-refractivity contribution < 1.29 is 19.1 Å². The Hall–Kier alpha value is -2.42. The van der Waals surface area contributed by atoms with Crippen molar-refractivity contribution in [2.24, 2.45) is 5.73 Å². The molecule has 0 spiro atoms. The van der Waals surface area contributed by atoms with Crippen LogP contribution in [-0.2, 0) is 9.59 Å². The lowest BCUT2D eigenvalue weighted by Crippen LogP contribution is -2.54. The average molecular weight is 354 g/mol. The molecule has 0 aliphatic heterocycles. The molecule has 5 N–H and O–H groups in total. The maximum absolute atomic E-state index is 12.0. The summed E-state index contributed by atoms with van der Waals surface area (Å²) >= 11 is 1.53. The molecular weight excluding hydrogens is 332 g/mol. The Kier molecular flexibility index (Phi) is 8.48. The van der Waals surface area contributed by atoms with Gasteiger partial charge in [-0.15, -0.1) is 0 Å². The summed E-state index contributed by atoms with van der Waals surface area (Å²) < 4.78 is 5.36. The summed E-state index contributed by atoms with van der Waals surface area (Å²) in [6.07, 6.45) is 2.27. The van der Waals surface area contributed by atoms with Crippen LogP contribution in [0.2, 0.25) is 0 Å². The predicted molar refractivity (Wildman–Crippen MR) is 92.5 cm³/mol. The normalized spacial score (nSPS) is 11.2. The van der Waals surface area contributed by atoms with E-state index in [1.54, 1.807) is 12.1 Å². The molecule has 0 saturated heterocycles. The molecule has 1 aromatic carbocycles. The summed E-state index contributed by atoms with van der Waals surface area (Å²) in [5.74, 6) is 0.177. The maximum atomic E-state index is 12.0. The van der Waals surface area contributed by atoms with Crippen LogP contribution in [0.4, 0.5) is 4.79 Å². The minimum Gasteiger partial charge on any atom is -0.483 e. The third kappa shape index (κ3) is 7.23. The molecule has 4 amide bonds. The number of aryl methyl sites for hydroxylation is 1. The van der Waals surface area contributed by atoms with Crippen molar-refractivity contribution in [3.05, 3.63) is 29.8 Å². The zero-order chi connectivity index (χ0) is 17.9. The van der Waals surface area contributed by atoms with Crippen molar-refractivity contribution in [3.8, 4) is 5.75 Å². The zero-order valence-electron chi connectivity index (χ0n) is 13.6. The van der Waals surface area contributed by atoms with Gasteiger partial charge in [-0.25, -0.2) is 4.79 Å². The molecule has 0 unspecified atom stereocenters. The summed E-state index contributed by atoms with van der Waals surface area (Å²) in [7, 11) is 0. The van der Waals surface area contributed by atoms with Gasteiger partial charge in [0.05, 0.1) is 0 Å². The molecule has 0 fully saturated rings. The molecule has 0 aromatic heterocycles. The van der Waals surface area contributed by atoms with Gasteiger partial charge in [0, 0.05) is 0 Å². The van der Waals surface area contributed by atoms with Gasteiger partial charge in [-0.2, -0.15) is 11.8 Å². The lowest BCUT2D eigenvalue weighted by molar-refractivity contribution is -0.130. The summed E-state index contributed by atoms with van der Waals surface area (Å²) in [6.45, 7) is 1.62. The number of urea groups is 1. The van der Waals surface area contributed by atoms with E-state index in [0.29, 0.717) is 17.9 Å². The number of rotatable bonds is 8. The first-order chi connectivity index (χ1) is 11.4.